The first-order valence-corrected chi connectivity index (χ1v) is 13.6. The van der Waals surface area contributed by atoms with Gasteiger partial charge in [0.2, 0.25) is 11.8 Å². The number of amides is 2. The maximum atomic E-state index is 14.2. The third kappa shape index (κ3) is 6.51. The lowest BCUT2D eigenvalue weighted by Gasteiger charge is -2.34. The van der Waals surface area contributed by atoms with Crippen LogP contribution in [-0.2, 0) is 16.0 Å². The van der Waals surface area contributed by atoms with Crippen molar-refractivity contribution in [2.75, 3.05) is 0 Å². The van der Waals surface area contributed by atoms with E-state index in [2.05, 4.69) is 15.0 Å². The summed E-state index contributed by atoms with van der Waals surface area (Å²) in [6.07, 6.45) is 5.43. The molecule has 0 radical (unpaired) electrons. The van der Waals surface area contributed by atoms with Crippen LogP contribution < -0.4 is 5.73 Å². The maximum Gasteiger partial charge on any atom is 0.356 e. The van der Waals surface area contributed by atoms with E-state index in [9.17, 15) is 19.5 Å². The SMILES string of the molecule is CCCC(CCC)C(=O)N(C(=O)[C@@H](N)CC(C)C)[C@H](Cc1c[nH]c2ccccc12)c1nc(C(=O)O)c(C)[nH]1. The summed E-state index contributed by atoms with van der Waals surface area (Å²) in [7, 11) is 0. The van der Waals surface area contributed by atoms with Crippen LogP contribution in [0.5, 0.6) is 0 Å². The Labute approximate surface area is 224 Å². The number of nitrogens with zero attached hydrogens (tertiary/aromatic N) is 2. The molecule has 0 spiro atoms. The largest absolute Gasteiger partial charge is 0.476 e. The van der Waals surface area contributed by atoms with E-state index in [-0.39, 0.29) is 35.7 Å². The highest BCUT2D eigenvalue weighted by atomic mass is 16.4. The van der Waals surface area contributed by atoms with E-state index in [1.54, 1.807) is 6.92 Å². The van der Waals surface area contributed by atoms with E-state index in [0.717, 1.165) is 29.3 Å². The van der Waals surface area contributed by atoms with E-state index >= 15 is 0 Å². The first-order valence-electron chi connectivity index (χ1n) is 13.6. The molecule has 3 aromatic rings. The van der Waals surface area contributed by atoms with E-state index in [1.165, 1.54) is 4.90 Å². The lowest BCUT2D eigenvalue weighted by molar-refractivity contribution is -0.152. The Kier molecular flexibility index (Phi) is 9.85. The molecule has 2 aromatic heterocycles. The zero-order valence-electron chi connectivity index (χ0n) is 23.1. The number of carboxylic acids is 1. The summed E-state index contributed by atoms with van der Waals surface area (Å²) >= 11 is 0. The number of nitrogens with two attached hydrogens (primary N) is 1. The summed E-state index contributed by atoms with van der Waals surface area (Å²) in [6, 6.07) is 6.07. The minimum absolute atomic E-state index is 0.131. The van der Waals surface area contributed by atoms with Crippen molar-refractivity contribution in [1.82, 2.24) is 19.9 Å². The molecular formula is C29H41N5O4. The number of imide groups is 1. The van der Waals surface area contributed by atoms with Crippen molar-refractivity contribution in [2.45, 2.75) is 85.2 Å². The fraction of sp³-hybridized carbons (Fsp3) is 0.517. The van der Waals surface area contributed by atoms with Gasteiger partial charge in [0.15, 0.2) is 5.69 Å². The van der Waals surface area contributed by atoms with Gasteiger partial charge >= 0.3 is 5.97 Å². The smallest absolute Gasteiger partial charge is 0.356 e. The Morgan fingerprint density at radius 3 is 2.32 bits per heavy atom. The van der Waals surface area contributed by atoms with Gasteiger partial charge in [-0.2, -0.15) is 0 Å². The molecule has 0 aliphatic heterocycles. The molecular weight excluding hydrogens is 482 g/mol. The number of nitrogens with one attached hydrogen (secondary N) is 2. The van der Waals surface area contributed by atoms with E-state index in [1.807, 2.05) is 58.2 Å². The minimum atomic E-state index is -1.17. The maximum absolute atomic E-state index is 14.2. The molecule has 0 saturated carbocycles. The van der Waals surface area contributed by atoms with Gasteiger partial charge in [-0.25, -0.2) is 9.78 Å². The van der Waals surface area contributed by atoms with Crippen LogP contribution >= 0.6 is 0 Å². The van der Waals surface area contributed by atoms with Crippen molar-refractivity contribution >= 4 is 28.7 Å². The Bertz CT molecular complexity index is 1250. The molecule has 0 aliphatic carbocycles. The van der Waals surface area contributed by atoms with Gasteiger partial charge in [0, 0.05) is 35.1 Å². The number of rotatable bonds is 13. The number of hydrogen-bond acceptors (Lipinski definition) is 5. The van der Waals surface area contributed by atoms with Crippen molar-refractivity contribution < 1.29 is 19.5 Å². The average molecular weight is 524 g/mol. The topological polar surface area (TPSA) is 145 Å². The molecule has 9 nitrogen and oxygen atoms in total. The Morgan fingerprint density at radius 1 is 1.08 bits per heavy atom. The fourth-order valence-electron chi connectivity index (χ4n) is 5.16. The number of benzene rings is 1. The minimum Gasteiger partial charge on any atom is -0.476 e. The van der Waals surface area contributed by atoms with Crippen molar-refractivity contribution in [3.63, 3.8) is 0 Å². The molecule has 0 aliphatic rings. The number of hydrogen-bond donors (Lipinski definition) is 4. The van der Waals surface area contributed by atoms with Gasteiger partial charge < -0.3 is 20.8 Å². The zero-order chi connectivity index (χ0) is 28.0. The average Bonchev–Trinajstić information content (AvgIpc) is 3.46. The molecule has 0 fully saturated rings. The molecule has 38 heavy (non-hydrogen) atoms. The highest BCUT2D eigenvalue weighted by Gasteiger charge is 2.39. The molecule has 2 amide bonds. The molecule has 9 heteroatoms. The van der Waals surface area contributed by atoms with Crippen LogP contribution in [0.3, 0.4) is 0 Å². The number of aryl methyl sites for hydroxylation is 1. The van der Waals surface area contributed by atoms with Gasteiger partial charge in [-0.05, 0) is 43.7 Å². The van der Waals surface area contributed by atoms with Crippen LogP contribution in [0.1, 0.15) is 93.4 Å². The molecule has 1 aromatic carbocycles. The molecule has 2 atom stereocenters. The zero-order valence-corrected chi connectivity index (χ0v) is 23.1. The van der Waals surface area contributed by atoms with Gasteiger partial charge in [0.25, 0.3) is 0 Å². The van der Waals surface area contributed by atoms with Crippen molar-refractivity contribution in [2.24, 2.45) is 17.6 Å². The summed E-state index contributed by atoms with van der Waals surface area (Å²) in [5, 5.41) is 10.6. The molecule has 206 valence electrons. The highest BCUT2D eigenvalue weighted by Crippen LogP contribution is 2.32. The Balaban J connectivity index is 2.19. The number of para-hydroxylation sites is 1. The van der Waals surface area contributed by atoms with Crippen LogP contribution in [0.25, 0.3) is 10.9 Å². The van der Waals surface area contributed by atoms with E-state index in [0.29, 0.717) is 25.0 Å². The van der Waals surface area contributed by atoms with Gasteiger partial charge in [-0.3, -0.25) is 14.5 Å². The van der Waals surface area contributed by atoms with Crippen molar-refractivity contribution in [3.8, 4) is 0 Å². The van der Waals surface area contributed by atoms with Crippen LogP contribution in [0.15, 0.2) is 30.5 Å². The second-order valence-corrected chi connectivity index (χ2v) is 10.5. The van der Waals surface area contributed by atoms with Crippen molar-refractivity contribution in [3.05, 3.63) is 53.2 Å². The van der Waals surface area contributed by atoms with Gasteiger partial charge in [0.05, 0.1) is 6.04 Å². The summed E-state index contributed by atoms with van der Waals surface area (Å²) in [4.78, 5) is 52.0. The first-order chi connectivity index (χ1) is 18.1. The van der Waals surface area contributed by atoms with Crippen LogP contribution in [0.4, 0.5) is 0 Å². The Hall–Kier alpha value is -3.46. The summed E-state index contributed by atoms with van der Waals surface area (Å²) in [5.74, 6) is -1.85. The normalized spacial score (nSPS) is 13.3. The number of carboxylic acid groups (broad SMARTS) is 1. The van der Waals surface area contributed by atoms with Crippen LogP contribution in [-0.4, -0.2) is 48.8 Å². The molecule has 5 N–H and O–H groups in total. The van der Waals surface area contributed by atoms with Crippen LogP contribution in [0, 0.1) is 18.8 Å². The summed E-state index contributed by atoms with van der Waals surface area (Å²) < 4.78 is 0. The number of carbonyl (C=O) groups is 3. The number of aromatic nitrogens is 3. The summed E-state index contributed by atoms with van der Waals surface area (Å²) in [6.45, 7) is 9.62. The van der Waals surface area contributed by atoms with Gasteiger partial charge in [-0.15, -0.1) is 0 Å². The van der Waals surface area contributed by atoms with E-state index < -0.39 is 24.0 Å². The second-order valence-electron chi connectivity index (χ2n) is 10.5. The standard InChI is InChI=1S/C29H41N5O4/c1-6-10-19(11-7-2)27(35)34(28(36)22(30)14-17(3)4)24(26-32-18(5)25(33-26)29(37)38)15-20-16-31-23-13-9-8-12-21(20)23/h8-9,12-13,16-17,19,22,24,31H,6-7,10-11,14-15,30H2,1-5H3,(H,32,33)(H,37,38)/t22-,24+/m0/s1. The quantitative estimate of drug-likeness (QED) is 0.244. The van der Waals surface area contributed by atoms with Crippen LogP contribution in [0.2, 0.25) is 0 Å². The molecule has 3 rings (SSSR count). The fourth-order valence-corrected chi connectivity index (χ4v) is 5.16. The van der Waals surface area contributed by atoms with E-state index in [4.69, 9.17) is 5.73 Å². The number of carbonyl (C=O) groups excluding carboxylic acids is 2. The lowest BCUT2D eigenvalue weighted by Crippen LogP contribution is -2.51. The summed E-state index contributed by atoms with van der Waals surface area (Å²) in [5.41, 5.74) is 8.45. The monoisotopic (exact) mass is 523 g/mol. The number of H-pyrrole nitrogens is 2. The molecule has 0 bridgehead atoms. The first kappa shape index (κ1) is 29.1. The highest BCUT2D eigenvalue weighted by molar-refractivity contribution is 5.99. The predicted octanol–water partition coefficient (Wildman–Crippen LogP) is 5.13. The lowest BCUT2D eigenvalue weighted by atomic mass is 9.93. The van der Waals surface area contributed by atoms with Gasteiger partial charge in [0.1, 0.15) is 11.9 Å². The van der Waals surface area contributed by atoms with Gasteiger partial charge in [-0.1, -0.05) is 58.7 Å². The van der Waals surface area contributed by atoms with Crippen molar-refractivity contribution in [1.29, 1.82) is 0 Å². The molecule has 0 unspecified atom stereocenters. The number of aromatic amines is 2. The molecule has 2 heterocycles. The Morgan fingerprint density at radius 2 is 1.74 bits per heavy atom. The third-order valence-electron chi connectivity index (χ3n) is 6.96. The predicted molar refractivity (Wildman–Crippen MR) is 148 cm³/mol. The molecule has 0 saturated heterocycles. The number of imidazole rings is 1. The third-order valence-corrected chi connectivity index (χ3v) is 6.96. The second kappa shape index (κ2) is 12.9. The number of fused-ring (bicyclic) bond motifs is 1. The number of aromatic carboxylic acids is 1.